The van der Waals surface area contributed by atoms with Gasteiger partial charge in [-0.05, 0) is 42.4 Å². The van der Waals surface area contributed by atoms with E-state index >= 15 is 0 Å². The van der Waals surface area contributed by atoms with Gasteiger partial charge >= 0.3 is 0 Å². The van der Waals surface area contributed by atoms with Crippen LogP contribution in [0.3, 0.4) is 0 Å². The average molecular weight is 216 g/mol. The Kier molecular flexibility index (Phi) is 4.80. The molecular formula is C9H16N2S2. The number of rotatable bonds is 5. The summed E-state index contributed by atoms with van der Waals surface area (Å²) in [7, 11) is 0. The molecule has 74 valence electrons. The van der Waals surface area contributed by atoms with E-state index in [0.717, 1.165) is 12.2 Å². The standard InChI is InChI=1S/C9H16N2S2/c1-7-3-6-13-9(7)8(11-10)4-5-12-2/h3,6,8,11H,4-5,10H2,1-2H3. The van der Waals surface area contributed by atoms with Crippen molar-refractivity contribution in [3.8, 4) is 0 Å². The second kappa shape index (κ2) is 5.65. The van der Waals surface area contributed by atoms with Crippen molar-refractivity contribution < 1.29 is 0 Å². The first-order chi connectivity index (χ1) is 6.29. The molecule has 1 unspecified atom stereocenters. The lowest BCUT2D eigenvalue weighted by Gasteiger charge is -2.14. The molecule has 0 aromatic carbocycles. The van der Waals surface area contributed by atoms with Gasteiger partial charge in [-0.1, -0.05) is 0 Å². The highest BCUT2D eigenvalue weighted by atomic mass is 32.2. The van der Waals surface area contributed by atoms with Crippen LogP contribution in [0.5, 0.6) is 0 Å². The van der Waals surface area contributed by atoms with E-state index in [0.29, 0.717) is 6.04 Å². The molecule has 0 aliphatic rings. The third-order valence-electron chi connectivity index (χ3n) is 2.03. The molecule has 2 nitrogen and oxygen atoms in total. The fourth-order valence-corrected chi connectivity index (χ4v) is 2.76. The molecule has 1 rings (SSSR count). The molecule has 0 bridgehead atoms. The summed E-state index contributed by atoms with van der Waals surface area (Å²) in [5.41, 5.74) is 4.22. The highest BCUT2D eigenvalue weighted by molar-refractivity contribution is 7.98. The van der Waals surface area contributed by atoms with Gasteiger partial charge in [-0.2, -0.15) is 11.8 Å². The van der Waals surface area contributed by atoms with E-state index in [9.17, 15) is 0 Å². The third kappa shape index (κ3) is 2.98. The summed E-state index contributed by atoms with van der Waals surface area (Å²) in [4.78, 5) is 1.37. The Bertz CT molecular complexity index is 248. The van der Waals surface area contributed by atoms with Crippen LogP contribution in [0.1, 0.15) is 22.9 Å². The van der Waals surface area contributed by atoms with E-state index in [-0.39, 0.29) is 0 Å². The van der Waals surface area contributed by atoms with E-state index in [1.54, 1.807) is 11.3 Å². The molecule has 1 heterocycles. The highest BCUT2D eigenvalue weighted by Crippen LogP contribution is 2.26. The smallest absolute Gasteiger partial charge is 0.0563 e. The van der Waals surface area contributed by atoms with E-state index in [2.05, 4.69) is 30.1 Å². The number of hydrazine groups is 1. The molecule has 3 N–H and O–H groups in total. The quantitative estimate of drug-likeness (QED) is 0.586. The monoisotopic (exact) mass is 216 g/mol. The number of thiophene rings is 1. The van der Waals surface area contributed by atoms with Crippen LogP contribution in [0.25, 0.3) is 0 Å². The Labute approximate surface area is 87.9 Å². The molecule has 1 aromatic heterocycles. The summed E-state index contributed by atoms with van der Waals surface area (Å²) in [5, 5.41) is 2.12. The summed E-state index contributed by atoms with van der Waals surface area (Å²) in [6.45, 7) is 2.13. The number of hydrogen-bond acceptors (Lipinski definition) is 4. The zero-order chi connectivity index (χ0) is 9.68. The van der Waals surface area contributed by atoms with Gasteiger partial charge in [0, 0.05) is 4.88 Å². The van der Waals surface area contributed by atoms with Crippen LogP contribution in [0.4, 0.5) is 0 Å². The molecular weight excluding hydrogens is 200 g/mol. The van der Waals surface area contributed by atoms with E-state index in [4.69, 9.17) is 5.84 Å². The lowest BCUT2D eigenvalue weighted by molar-refractivity contribution is 0.549. The molecule has 1 aromatic rings. The number of aryl methyl sites for hydroxylation is 1. The number of hydrogen-bond donors (Lipinski definition) is 2. The SMILES string of the molecule is CSCCC(NN)c1sccc1C. The van der Waals surface area contributed by atoms with Gasteiger partial charge in [-0.25, -0.2) is 0 Å². The van der Waals surface area contributed by atoms with Crippen LogP contribution in [0, 0.1) is 6.92 Å². The van der Waals surface area contributed by atoms with Crippen LogP contribution in [-0.2, 0) is 0 Å². The van der Waals surface area contributed by atoms with Crippen LogP contribution < -0.4 is 11.3 Å². The second-order valence-electron chi connectivity index (χ2n) is 2.97. The summed E-state index contributed by atoms with van der Waals surface area (Å²) in [6, 6.07) is 2.47. The maximum Gasteiger partial charge on any atom is 0.0563 e. The minimum absolute atomic E-state index is 0.326. The van der Waals surface area contributed by atoms with Gasteiger partial charge in [0.15, 0.2) is 0 Å². The first kappa shape index (κ1) is 11.0. The minimum atomic E-state index is 0.326. The lowest BCUT2D eigenvalue weighted by Crippen LogP contribution is -2.28. The minimum Gasteiger partial charge on any atom is -0.271 e. The Morgan fingerprint density at radius 2 is 2.46 bits per heavy atom. The molecule has 0 saturated carbocycles. The van der Waals surface area contributed by atoms with Crippen LogP contribution in [0.2, 0.25) is 0 Å². The van der Waals surface area contributed by atoms with E-state index in [1.165, 1.54) is 10.4 Å². The normalized spacial score (nSPS) is 13.2. The summed E-state index contributed by atoms with van der Waals surface area (Å²) in [6.07, 6.45) is 3.22. The van der Waals surface area contributed by atoms with Crippen molar-refractivity contribution >= 4 is 23.1 Å². The van der Waals surface area contributed by atoms with Gasteiger partial charge in [-0.15, -0.1) is 11.3 Å². The molecule has 4 heteroatoms. The van der Waals surface area contributed by atoms with Gasteiger partial charge < -0.3 is 0 Å². The van der Waals surface area contributed by atoms with E-state index in [1.807, 2.05) is 11.8 Å². The first-order valence-electron chi connectivity index (χ1n) is 4.28. The largest absolute Gasteiger partial charge is 0.271 e. The maximum absolute atomic E-state index is 5.52. The number of thioether (sulfide) groups is 1. The topological polar surface area (TPSA) is 38.0 Å². The first-order valence-corrected chi connectivity index (χ1v) is 6.56. The number of nitrogens with one attached hydrogen (secondary N) is 1. The molecule has 1 atom stereocenters. The van der Waals surface area contributed by atoms with Crippen molar-refractivity contribution in [2.75, 3.05) is 12.0 Å². The van der Waals surface area contributed by atoms with Gasteiger partial charge in [0.2, 0.25) is 0 Å². The van der Waals surface area contributed by atoms with Crippen molar-refractivity contribution in [1.82, 2.24) is 5.43 Å². The zero-order valence-corrected chi connectivity index (χ0v) is 9.67. The Balaban J connectivity index is 2.61. The van der Waals surface area contributed by atoms with Crippen molar-refractivity contribution in [2.24, 2.45) is 5.84 Å². The van der Waals surface area contributed by atoms with E-state index < -0.39 is 0 Å². The lowest BCUT2D eigenvalue weighted by atomic mass is 10.1. The summed E-state index contributed by atoms with van der Waals surface area (Å²) < 4.78 is 0. The van der Waals surface area contributed by atoms with Gasteiger partial charge in [0.1, 0.15) is 0 Å². The van der Waals surface area contributed by atoms with Crippen molar-refractivity contribution in [2.45, 2.75) is 19.4 Å². The van der Waals surface area contributed by atoms with Crippen molar-refractivity contribution in [1.29, 1.82) is 0 Å². The third-order valence-corrected chi connectivity index (χ3v) is 3.81. The van der Waals surface area contributed by atoms with Crippen molar-refractivity contribution in [3.05, 3.63) is 21.9 Å². The fourth-order valence-electron chi connectivity index (χ4n) is 1.27. The van der Waals surface area contributed by atoms with Gasteiger partial charge in [0.25, 0.3) is 0 Å². The highest BCUT2D eigenvalue weighted by Gasteiger charge is 2.12. The predicted octanol–water partition coefficient (Wildman–Crippen LogP) is 2.31. The molecule has 0 fully saturated rings. The van der Waals surface area contributed by atoms with Gasteiger partial charge in [-0.3, -0.25) is 11.3 Å². The van der Waals surface area contributed by atoms with Crippen molar-refractivity contribution in [3.63, 3.8) is 0 Å². The molecule has 13 heavy (non-hydrogen) atoms. The molecule has 0 radical (unpaired) electrons. The second-order valence-corrected chi connectivity index (χ2v) is 4.90. The van der Waals surface area contributed by atoms with Crippen LogP contribution in [0.15, 0.2) is 11.4 Å². The Morgan fingerprint density at radius 1 is 1.69 bits per heavy atom. The van der Waals surface area contributed by atoms with Crippen LogP contribution in [-0.4, -0.2) is 12.0 Å². The predicted molar refractivity (Wildman–Crippen MR) is 62.1 cm³/mol. The Hall–Kier alpha value is -0.0300. The number of nitrogens with two attached hydrogens (primary N) is 1. The molecule has 0 spiro atoms. The van der Waals surface area contributed by atoms with Gasteiger partial charge in [0.05, 0.1) is 6.04 Å². The maximum atomic E-state index is 5.52. The molecule has 0 aliphatic carbocycles. The molecule has 0 amide bonds. The molecule has 0 aliphatic heterocycles. The summed E-state index contributed by atoms with van der Waals surface area (Å²) >= 11 is 3.64. The molecule has 0 saturated heterocycles. The summed E-state index contributed by atoms with van der Waals surface area (Å²) in [5.74, 6) is 6.67. The Morgan fingerprint density at radius 3 is 2.92 bits per heavy atom. The zero-order valence-electron chi connectivity index (χ0n) is 8.04. The fraction of sp³-hybridized carbons (Fsp3) is 0.556. The van der Waals surface area contributed by atoms with Crippen LogP contribution >= 0.6 is 23.1 Å². The average Bonchev–Trinajstić information content (AvgIpc) is 2.54.